The molecule has 0 saturated carbocycles. The van der Waals surface area contributed by atoms with E-state index in [1.54, 1.807) is 20.4 Å². The van der Waals surface area contributed by atoms with Gasteiger partial charge in [0.25, 0.3) is 0 Å². The minimum atomic E-state index is -0.198. The Balaban J connectivity index is 1.64. The van der Waals surface area contributed by atoms with Crippen molar-refractivity contribution >= 4 is 23.0 Å². The van der Waals surface area contributed by atoms with Crippen molar-refractivity contribution in [2.75, 3.05) is 25.7 Å². The molecule has 2 atom stereocenters. The number of nitrogens with zero attached hydrogens (tertiary/aromatic N) is 3. The van der Waals surface area contributed by atoms with Gasteiger partial charge in [0.1, 0.15) is 23.3 Å². The first-order valence-electron chi connectivity index (χ1n) is 11.8. The Morgan fingerprint density at radius 3 is 2.44 bits per heavy atom. The molecule has 0 radical (unpaired) electrons. The predicted molar refractivity (Wildman–Crippen MR) is 144 cm³/mol. The number of hydrogen-bond acceptors (Lipinski definition) is 5. The number of hydrogen-bond donors (Lipinski definition) is 1. The standard InChI is InChI=1S/C28H28N4O3S/c1-4-35-20-12-10-19(11-13-20)31-17-7-9-24(31)27-26(22-8-5-6-16-29-22)30-28(36)32(27)23-15-14-21(33-2)18-25(23)34-3/h5-18,26-27H,4H2,1-3H3,(H,30,36)/t26-,27+/m1/s1. The van der Waals surface area contributed by atoms with Crippen LogP contribution in [0.1, 0.15) is 30.4 Å². The Hall–Kier alpha value is -4.04. The number of benzene rings is 2. The summed E-state index contributed by atoms with van der Waals surface area (Å²) in [7, 11) is 3.29. The van der Waals surface area contributed by atoms with Crippen LogP contribution in [0.5, 0.6) is 17.2 Å². The molecule has 2 aromatic heterocycles. The molecule has 2 aromatic carbocycles. The van der Waals surface area contributed by atoms with Gasteiger partial charge in [0, 0.05) is 29.8 Å². The first-order chi connectivity index (χ1) is 17.6. The lowest BCUT2D eigenvalue weighted by Crippen LogP contribution is -2.30. The van der Waals surface area contributed by atoms with E-state index in [1.807, 2.05) is 61.5 Å². The van der Waals surface area contributed by atoms with Crippen LogP contribution in [-0.2, 0) is 0 Å². The topological polar surface area (TPSA) is 60.8 Å². The number of ether oxygens (including phenoxy) is 3. The summed E-state index contributed by atoms with van der Waals surface area (Å²) in [5, 5.41) is 4.11. The van der Waals surface area contributed by atoms with E-state index in [0.717, 1.165) is 28.5 Å². The van der Waals surface area contributed by atoms with Crippen molar-refractivity contribution in [3.63, 3.8) is 0 Å². The first-order valence-corrected chi connectivity index (χ1v) is 12.2. The summed E-state index contributed by atoms with van der Waals surface area (Å²) >= 11 is 5.90. The summed E-state index contributed by atoms with van der Waals surface area (Å²) in [6.07, 6.45) is 3.87. The second kappa shape index (κ2) is 10.3. The van der Waals surface area contributed by atoms with Gasteiger partial charge >= 0.3 is 0 Å². The number of rotatable bonds is 8. The maximum atomic E-state index is 5.90. The average molecular weight is 501 g/mol. The fourth-order valence-electron chi connectivity index (χ4n) is 4.64. The van der Waals surface area contributed by atoms with Crippen molar-refractivity contribution in [2.45, 2.75) is 19.0 Å². The summed E-state index contributed by atoms with van der Waals surface area (Å²) in [5.74, 6) is 2.23. The number of nitrogens with one attached hydrogen (secondary N) is 1. The molecule has 7 nitrogen and oxygen atoms in total. The maximum absolute atomic E-state index is 5.90. The smallest absolute Gasteiger partial charge is 0.174 e. The zero-order chi connectivity index (χ0) is 25.1. The van der Waals surface area contributed by atoms with Crippen molar-refractivity contribution in [3.05, 3.63) is 96.6 Å². The molecule has 0 unspecified atom stereocenters. The van der Waals surface area contributed by atoms with Gasteiger partial charge in [-0.25, -0.2) is 0 Å². The van der Waals surface area contributed by atoms with Crippen molar-refractivity contribution in [2.24, 2.45) is 0 Å². The molecule has 1 aliphatic heterocycles. The molecule has 1 N–H and O–H groups in total. The monoisotopic (exact) mass is 500 g/mol. The first kappa shape index (κ1) is 23.7. The van der Waals surface area contributed by atoms with Crippen molar-refractivity contribution in [1.29, 1.82) is 0 Å². The van der Waals surface area contributed by atoms with E-state index in [-0.39, 0.29) is 12.1 Å². The van der Waals surface area contributed by atoms with Crippen LogP contribution in [0.4, 0.5) is 5.69 Å². The zero-order valence-electron chi connectivity index (χ0n) is 20.4. The normalized spacial score (nSPS) is 17.1. The number of pyridine rings is 1. The van der Waals surface area contributed by atoms with Crippen LogP contribution >= 0.6 is 12.2 Å². The molecule has 1 saturated heterocycles. The molecule has 0 aliphatic carbocycles. The number of aromatic nitrogens is 2. The largest absolute Gasteiger partial charge is 0.497 e. The molecule has 1 fully saturated rings. The minimum Gasteiger partial charge on any atom is -0.497 e. The van der Waals surface area contributed by atoms with Crippen LogP contribution in [0.25, 0.3) is 5.69 Å². The zero-order valence-corrected chi connectivity index (χ0v) is 21.2. The Labute approximate surface area is 216 Å². The Bertz CT molecular complexity index is 1340. The Morgan fingerprint density at radius 1 is 0.944 bits per heavy atom. The van der Waals surface area contributed by atoms with Gasteiger partial charge in [-0.15, -0.1) is 0 Å². The van der Waals surface area contributed by atoms with Gasteiger partial charge in [0.15, 0.2) is 5.11 Å². The molecule has 8 heteroatoms. The van der Waals surface area contributed by atoms with Crippen molar-refractivity contribution in [1.82, 2.24) is 14.9 Å². The Morgan fingerprint density at radius 2 is 1.75 bits per heavy atom. The molecule has 36 heavy (non-hydrogen) atoms. The molecule has 4 aromatic rings. The van der Waals surface area contributed by atoms with Crippen LogP contribution in [-0.4, -0.2) is 35.5 Å². The minimum absolute atomic E-state index is 0.179. The lowest BCUT2D eigenvalue weighted by molar-refractivity contribution is 0.340. The molecule has 3 heterocycles. The lowest BCUT2D eigenvalue weighted by atomic mass is 10.0. The van der Waals surface area contributed by atoms with E-state index >= 15 is 0 Å². The third-order valence-electron chi connectivity index (χ3n) is 6.25. The molecular weight excluding hydrogens is 472 g/mol. The summed E-state index contributed by atoms with van der Waals surface area (Å²) in [6, 6.07) is 23.6. The van der Waals surface area contributed by atoms with Gasteiger partial charge in [0.05, 0.1) is 38.2 Å². The molecule has 1 aliphatic rings. The Kier molecular flexibility index (Phi) is 6.77. The van der Waals surface area contributed by atoms with E-state index in [2.05, 4.69) is 44.2 Å². The average Bonchev–Trinajstić information content (AvgIpc) is 3.53. The molecule has 5 rings (SSSR count). The van der Waals surface area contributed by atoms with Gasteiger partial charge in [0.2, 0.25) is 0 Å². The SMILES string of the molecule is CCOc1ccc(-n2cccc2[C@H]2[C@@H](c3ccccn3)NC(=S)N2c2ccc(OC)cc2OC)cc1. The highest BCUT2D eigenvalue weighted by atomic mass is 32.1. The van der Waals surface area contributed by atoms with Crippen LogP contribution in [0.2, 0.25) is 0 Å². The third-order valence-corrected chi connectivity index (χ3v) is 6.57. The molecule has 0 bridgehead atoms. The van der Waals surface area contributed by atoms with Crippen LogP contribution in [0.15, 0.2) is 85.2 Å². The molecule has 0 spiro atoms. The number of methoxy groups -OCH3 is 2. The summed E-state index contributed by atoms with van der Waals surface area (Å²) in [4.78, 5) is 6.77. The molecule has 0 amide bonds. The van der Waals surface area contributed by atoms with Crippen molar-refractivity contribution in [3.8, 4) is 22.9 Å². The van der Waals surface area contributed by atoms with E-state index in [9.17, 15) is 0 Å². The quantitative estimate of drug-likeness (QED) is 0.322. The van der Waals surface area contributed by atoms with Crippen LogP contribution < -0.4 is 24.4 Å². The number of thiocarbonyl (C=S) groups is 1. The second-order valence-corrected chi connectivity index (χ2v) is 8.65. The van der Waals surface area contributed by atoms with Gasteiger partial charge in [-0.05, 0) is 79.8 Å². The summed E-state index contributed by atoms with van der Waals surface area (Å²) < 4.78 is 19.0. The highest BCUT2D eigenvalue weighted by Crippen LogP contribution is 2.45. The number of anilines is 1. The van der Waals surface area contributed by atoms with Gasteiger partial charge in [-0.3, -0.25) is 4.98 Å². The predicted octanol–water partition coefficient (Wildman–Crippen LogP) is 5.47. The van der Waals surface area contributed by atoms with Gasteiger partial charge < -0.3 is 29.0 Å². The summed E-state index contributed by atoms with van der Waals surface area (Å²) in [5.41, 5.74) is 3.83. The van der Waals surface area contributed by atoms with E-state index < -0.39 is 0 Å². The highest BCUT2D eigenvalue weighted by molar-refractivity contribution is 7.80. The fourth-order valence-corrected chi connectivity index (χ4v) is 4.98. The van der Waals surface area contributed by atoms with Gasteiger partial charge in [-0.2, -0.15) is 0 Å². The highest BCUT2D eigenvalue weighted by Gasteiger charge is 2.43. The van der Waals surface area contributed by atoms with E-state index in [4.69, 9.17) is 26.4 Å². The van der Waals surface area contributed by atoms with Crippen molar-refractivity contribution < 1.29 is 14.2 Å². The van der Waals surface area contributed by atoms with E-state index in [0.29, 0.717) is 23.2 Å². The van der Waals surface area contributed by atoms with Crippen LogP contribution in [0, 0.1) is 0 Å². The summed E-state index contributed by atoms with van der Waals surface area (Å²) in [6.45, 7) is 2.61. The van der Waals surface area contributed by atoms with E-state index in [1.165, 1.54) is 0 Å². The molecule has 184 valence electrons. The molecular formula is C28H28N4O3S. The second-order valence-electron chi connectivity index (χ2n) is 8.26. The third kappa shape index (κ3) is 4.35. The maximum Gasteiger partial charge on any atom is 0.174 e. The van der Waals surface area contributed by atoms with Crippen LogP contribution in [0.3, 0.4) is 0 Å². The lowest BCUT2D eigenvalue weighted by Gasteiger charge is -2.30. The van der Waals surface area contributed by atoms with Gasteiger partial charge in [-0.1, -0.05) is 6.07 Å². The fraction of sp³-hybridized carbons (Fsp3) is 0.214.